The zero-order valence-corrected chi connectivity index (χ0v) is 13.3. The van der Waals surface area contributed by atoms with Crippen LogP contribution in [0.2, 0.25) is 0 Å². The fraction of sp³-hybridized carbons (Fsp3) is 0.562. The molecule has 2 aliphatic rings. The Morgan fingerprint density at radius 2 is 2.00 bits per heavy atom. The highest BCUT2D eigenvalue weighted by molar-refractivity contribution is 5.83. The van der Waals surface area contributed by atoms with Crippen LogP contribution in [0.25, 0.3) is 0 Å². The summed E-state index contributed by atoms with van der Waals surface area (Å²) in [6.07, 6.45) is 0. The summed E-state index contributed by atoms with van der Waals surface area (Å²) in [5, 5.41) is 9.45. The SMILES string of the molecule is Cc1cc(C)c(C#N)c(N2CCN3CCN(C)C(=O)[C@H]3C2)n1. The Bertz CT molecular complexity index is 651. The largest absolute Gasteiger partial charge is 0.352 e. The van der Waals surface area contributed by atoms with E-state index in [0.717, 1.165) is 43.3 Å². The first-order valence-electron chi connectivity index (χ1n) is 7.63. The molecule has 2 saturated heterocycles. The minimum Gasteiger partial charge on any atom is -0.352 e. The number of rotatable bonds is 1. The minimum atomic E-state index is -0.123. The van der Waals surface area contributed by atoms with Crippen LogP contribution in [-0.2, 0) is 4.79 Å². The molecule has 1 aromatic heterocycles. The highest BCUT2D eigenvalue weighted by Gasteiger charge is 2.38. The van der Waals surface area contributed by atoms with Crippen molar-refractivity contribution in [1.82, 2.24) is 14.8 Å². The number of aromatic nitrogens is 1. The van der Waals surface area contributed by atoms with Gasteiger partial charge in [0.05, 0.1) is 5.56 Å². The monoisotopic (exact) mass is 299 g/mol. The molecule has 0 spiro atoms. The standard InChI is InChI=1S/C16H21N5O/c1-11-8-12(2)18-15(13(11)9-17)21-7-6-20-5-4-19(3)16(22)14(20)10-21/h8,14H,4-7,10H2,1-3H3/t14-/m1/s1. The molecule has 6 heteroatoms. The Labute approximate surface area is 130 Å². The smallest absolute Gasteiger partial charge is 0.241 e. The van der Waals surface area contributed by atoms with E-state index < -0.39 is 0 Å². The number of fused-ring (bicyclic) bond motifs is 1. The predicted molar refractivity (Wildman–Crippen MR) is 83.6 cm³/mol. The molecule has 6 nitrogen and oxygen atoms in total. The van der Waals surface area contributed by atoms with Crippen molar-refractivity contribution in [1.29, 1.82) is 5.26 Å². The predicted octanol–water partition coefficient (Wildman–Crippen LogP) is 0.533. The third kappa shape index (κ3) is 2.42. The van der Waals surface area contributed by atoms with Crippen LogP contribution >= 0.6 is 0 Å². The summed E-state index contributed by atoms with van der Waals surface area (Å²) in [5.41, 5.74) is 2.47. The molecule has 3 rings (SSSR count). The highest BCUT2D eigenvalue weighted by Crippen LogP contribution is 2.25. The summed E-state index contributed by atoms with van der Waals surface area (Å²) in [4.78, 5) is 23.1. The van der Waals surface area contributed by atoms with Crippen LogP contribution in [0.4, 0.5) is 5.82 Å². The molecule has 0 N–H and O–H groups in total. The first kappa shape index (κ1) is 14.8. The van der Waals surface area contributed by atoms with Crippen molar-refractivity contribution in [3.63, 3.8) is 0 Å². The molecule has 22 heavy (non-hydrogen) atoms. The summed E-state index contributed by atoms with van der Waals surface area (Å²) < 4.78 is 0. The highest BCUT2D eigenvalue weighted by atomic mass is 16.2. The third-order valence-electron chi connectivity index (χ3n) is 4.61. The van der Waals surface area contributed by atoms with Crippen LogP contribution in [-0.4, -0.2) is 66.5 Å². The Morgan fingerprint density at radius 1 is 1.27 bits per heavy atom. The van der Waals surface area contributed by atoms with Gasteiger partial charge in [-0.2, -0.15) is 5.26 Å². The Kier molecular flexibility index (Phi) is 3.75. The van der Waals surface area contributed by atoms with Gasteiger partial charge in [0, 0.05) is 45.5 Å². The molecule has 116 valence electrons. The van der Waals surface area contributed by atoms with Crippen molar-refractivity contribution in [3.8, 4) is 6.07 Å². The molecule has 1 aromatic rings. The molecule has 3 heterocycles. The van der Waals surface area contributed by atoms with Gasteiger partial charge < -0.3 is 9.80 Å². The van der Waals surface area contributed by atoms with Gasteiger partial charge in [0.1, 0.15) is 17.9 Å². The van der Waals surface area contributed by atoms with E-state index in [4.69, 9.17) is 0 Å². The summed E-state index contributed by atoms with van der Waals surface area (Å²) >= 11 is 0. The van der Waals surface area contributed by atoms with E-state index in [1.54, 1.807) is 4.90 Å². The van der Waals surface area contributed by atoms with Gasteiger partial charge in [-0.25, -0.2) is 4.98 Å². The summed E-state index contributed by atoms with van der Waals surface area (Å²) in [6, 6.07) is 4.07. The fourth-order valence-corrected chi connectivity index (χ4v) is 3.34. The van der Waals surface area contributed by atoms with Crippen LogP contribution in [0.1, 0.15) is 16.8 Å². The average Bonchev–Trinajstić information content (AvgIpc) is 2.50. The van der Waals surface area contributed by atoms with Crippen molar-refractivity contribution in [2.24, 2.45) is 0 Å². The molecular formula is C16H21N5O. The van der Waals surface area contributed by atoms with Gasteiger partial charge in [0.2, 0.25) is 5.91 Å². The average molecular weight is 299 g/mol. The van der Waals surface area contributed by atoms with E-state index >= 15 is 0 Å². The lowest BCUT2D eigenvalue weighted by molar-refractivity contribution is -0.140. The van der Waals surface area contributed by atoms with Crippen LogP contribution in [0.3, 0.4) is 0 Å². The second-order valence-electron chi connectivity index (χ2n) is 6.15. The lowest BCUT2D eigenvalue weighted by Crippen LogP contribution is -2.64. The van der Waals surface area contributed by atoms with Crippen LogP contribution in [0.15, 0.2) is 6.07 Å². The number of aryl methyl sites for hydroxylation is 2. The zero-order chi connectivity index (χ0) is 15.9. The van der Waals surface area contributed by atoms with Gasteiger partial charge in [-0.1, -0.05) is 0 Å². The fourth-order valence-electron chi connectivity index (χ4n) is 3.34. The number of anilines is 1. The number of amides is 1. The quantitative estimate of drug-likeness (QED) is 0.757. The minimum absolute atomic E-state index is 0.123. The van der Waals surface area contributed by atoms with Gasteiger partial charge in [-0.3, -0.25) is 9.69 Å². The summed E-state index contributed by atoms with van der Waals surface area (Å²) in [5.74, 6) is 0.888. The van der Waals surface area contributed by atoms with Crippen molar-refractivity contribution >= 4 is 11.7 Å². The number of piperazine rings is 2. The van der Waals surface area contributed by atoms with Crippen LogP contribution in [0, 0.1) is 25.2 Å². The van der Waals surface area contributed by atoms with Gasteiger partial charge in [0.15, 0.2) is 0 Å². The maximum Gasteiger partial charge on any atom is 0.241 e. The molecule has 2 aliphatic heterocycles. The van der Waals surface area contributed by atoms with Gasteiger partial charge in [-0.15, -0.1) is 0 Å². The molecule has 2 fully saturated rings. The molecule has 0 radical (unpaired) electrons. The maximum absolute atomic E-state index is 12.4. The van der Waals surface area contributed by atoms with Gasteiger partial charge >= 0.3 is 0 Å². The molecule has 1 amide bonds. The van der Waals surface area contributed by atoms with E-state index in [0.29, 0.717) is 12.1 Å². The van der Waals surface area contributed by atoms with Crippen molar-refractivity contribution in [2.75, 3.05) is 44.7 Å². The first-order valence-corrected chi connectivity index (χ1v) is 7.63. The lowest BCUT2D eigenvalue weighted by Gasteiger charge is -2.46. The molecule has 1 atom stereocenters. The van der Waals surface area contributed by atoms with E-state index in [9.17, 15) is 10.1 Å². The van der Waals surface area contributed by atoms with E-state index in [1.165, 1.54) is 0 Å². The number of hydrogen-bond donors (Lipinski definition) is 0. The van der Waals surface area contributed by atoms with Crippen molar-refractivity contribution in [2.45, 2.75) is 19.9 Å². The van der Waals surface area contributed by atoms with Gasteiger partial charge in [0.25, 0.3) is 0 Å². The second-order valence-corrected chi connectivity index (χ2v) is 6.15. The van der Waals surface area contributed by atoms with E-state index in [2.05, 4.69) is 20.9 Å². The zero-order valence-electron chi connectivity index (χ0n) is 13.3. The number of likely N-dealkylation sites (N-methyl/N-ethyl adjacent to an activating group) is 1. The summed E-state index contributed by atoms with van der Waals surface area (Å²) in [6.45, 7) is 7.84. The number of carbonyl (C=O) groups excluding carboxylic acids is 1. The number of pyridine rings is 1. The van der Waals surface area contributed by atoms with E-state index in [-0.39, 0.29) is 11.9 Å². The van der Waals surface area contributed by atoms with Crippen molar-refractivity contribution < 1.29 is 4.79 Å². The Morgan fingerprint density at radius 3 is 2.73 bits per heavy atom. The molecule has 0 aliphatic carbocycles. The second kappa shape index (κ2) is 5.58. The van der Waals surface area contributed by atoms with Crippen LogP contribution in [0.5, 0.6) is 0 Å². The van der Waals surface area contributed by atoms with Crippen LogP contribution < -0.4 is 4.90 Å². The summed E-state index contributed by atoms with van der Waals surface area (Å²) in [7, 11) is 1.86. The number of carbonyl (C=O) groups is 1. The molecule has 0 unspecified atom stereocenters. The normalized spacial score (nSPS) is 22.5. The lowest BCUT2D eigenvalue weighted by atomic mass is 10.1. The van der Waals surface area contributed by atoms with Gasteiger partial charge in [-0.05, 0) is 25.5 Å². The molecular weight excluding hydrogens is 278 g/mol. The first-order chi connectivity index (χ1) is 10.5. The molecule has 0 bridgehead atoms. The van der Waals surface area contributed by atoms with E-state index in [1.807, 2.05) is 27.0 Å². The Hall–Kier alpha value is -2.13. The number of nitriles is 1. The molecule has 0 saturated carbocycles. The third-order valence-corrected chi connectivity index (χ3v) is 4.61. The Balaban J connectivity index is 1.91. The topological polar surface area (TPSA) is 63.5 Å². The number of hydrogen-bond acceptors (Lipinski definition) is 5. The number of nitrogens with zero attached hydrogens (tertiary/aromatic N) is 5. The maximum atomic E-state index is 12.4. The van der Waals surface area contributed by atoms with Crippen molar-refractivity contribution in [3.05, 3.63) is 22.9 Å². The molecule has 0 aromatic carbocycles.